The van der Waals surface area contributed by atoms with Gasteiger partial charge in [0.05, 0.1) is 12.3 Å². The minimum atomic E-state index is 0.457. The van der Waals surface area contributed by atoms with Gasteiger partial charge in [-0.1, -0.05) is 36.4 Å². The van der Waals surface area contributed by atoms with E-state index in [0.29, 0.717) is 19.1 Å². The molecule has 120 valence electrons. The minimum Gasteiger partial charge on any atom is -0.369 e. The summed E-state index contributed by atoms with van der Waals surface area (Å²) in [7, 11) is 0. The molecule has 1 aliphatic heterocycles. The number of rotatable bonds is 1. The van der Waals surface area contributed by atoms with Gasteiger partial charge in [0.1, 0.15) is 12.4 Å². The van der Waals surface area contributed by atoms with Gasteiger partial charge in [-0.25, -0.2) is 0 Å². The molecule has 4 nitrogen and oxygen atoms in total. The summed E-state index contributed by atoms with van der Waals surface area (Å²) in [6, 6.07) is 15.4. The first-order chi connectivity index (χ1) is 11.8. The molecule has 5 rings (SSSR count). The number of fused-ring (bicyclic) bond motifs is 4. The Morgan fingerprint density at radius 1 is 1.00 bits per heavy atom. The molecule has 2 aliphatic rings. The molecule has 0 saturated heterocycles. The maximum atomic E-state index is 5.93. The zero-order chi connectivity index (χ0) is 16.1. The quantitative estimate of drug-likeness (QED) is 0.687. The van der Waals surface area contributed by atoms with E-state index in [1.54, 1.807) is 0 Å². The van der Waals surface area contributed by atoms with Crippen LogP contribution in [0.3, 0.4) is 0 Å². The summed E-state index contributed by atoms with van der Waals surface area (Å²) in [5, 5.41) is 8.50. The number of nitrogens with zero attached hydrogens (tertiary/aromatic N) is 3. The highest BCUT2D eigenvalue weighted by Crippen LogP contribution is 2.41. The molecular formula is C20H19N3O. The summed E-state index contributed by atoms with van der Waals surface area (Å²) in [5.74, 6) is 2.26. The van der Waals surface area contributed by atoms with Crippen LogP contribution in [-0.2, 0) is 24.4 Å². The third-order valence-electron chi connectivity index (χ3n) is 5.31. The van der Waals surface area contributed by atoms with Gasteiger partial charge in [-0.3, -0.25) is 4.57 Å². The molecule has 0 fully saturated rings. The second-order valence-electron chi connectivity index (χ2n) is 6.63. The van der Waals surface area contributed by atoms with Crippen LogP contribution in [0.5, 0.6) is 0 Å². The third-order valence-corrected chi connectivity index (χ3v) is 5.31. The highest BCUT2D eigenvalue weighted by atomic mass is 16.5. The fourth-order valence-corrected chi connectivity index (χ4v) is 4.22. The summed E-state index contributed by atoms with van der Waals surface area (Å²) in [5.41, 5.74) is 6.79. The van der Waals surface area contributed by atoms with Crippen molar-refractivity contribution in [3.8, 4) is 5.69 Å². The second-order valence-corrected chi connectivity index (χ2v) is 6.63. The van der Waals surface area contributed by atoms with Crippen molar-refractivity contribution in [1.82, 2.24) is 14.8 Å². The smallest absolute Gasteiger partial charge is 0.163 e. The number of benzene rings is 2. The lowest BCUT2D eigenvalue weighted by Crippen LogP contribution is -2.07. The molecular weight excluding hydrogens is 298 g/mol. The minimum absolute atomic E-state index is 0.457. The number of ether oxygens (including phenoxy) is 1. The van der Waals surface area contributed by atoms with E-state index in [2.05, 4.69) is 57.2 Å². The standard InChI is InChI=1S/C20H19N3O/c1-13-21-22-20-12-24-11-18-16(7-4-8-19(18)23(13)20)17-10-9-14-5-2-3-6-15(14)17/h2-8,17H,9-12H2,1H3. The summed E-state index contributed by atoms with van der Waals surface area (Å²) in [4.78, 5) is 0. The largest absolute Gasteiger partial charge is 0.369 e. The first-order valence-corrected chi connectivity index (χ1v) is 8.51. The van der Waals surface area contributed by atoms with Crippen molar-refractivity contribution in [2.75, 3.05) is 0 Å². The number of aromatic nitrogens is 3. The molecule has 1 aliphatic carbocycles. The highest BCUT2D eigenvalue weighted by molar-refractivity contribution is 5.53. The summed E-state index contributed by atoms with van der Waals surface area (Å²) in [6.07, 6.45) is 2.33. The molecule has 4 heteroatoms. The van der Waals surface area contributed by atoms with Gasteiger partial charge >= 0.3 is 0 Å². The average Bonchev–Trinajstić information content (AvgIpc) is 3.13. The molecule has 0 bridgehead atoms. The van der Waals surface area contributed by atoms with Gasteiger partial charge in [0.2, 0.25) is 0 Å². The molecule has 1 unspecified atom stereocenters. The first-order valence-electron chi connectivity index (χ1n) is 8.51. The van der Waals surface area contributed by atoms with Gasteiger partial charge in [-0.2, -0.15) is 0 Å². The molecule has 1 atom stereocenters. The predicted molar refractivity (Wildman–Crippen MR) is 91.2 cm³/mol. The Morgan fingerprint density at radius 3 is 2.83 bits per heavy atom. The average molecular weight is 317 g/mol. The fourth-order valence-electron chi connectivity index (χ4n) is 4.22. The van der Waals surface area contributed by atoms with Crippen molar-refractivity contribution in [2.24, 2.45) is 0 Å². The molecule has 2 aromatic carbocycles. The van der Waals surface area contributed by atoms with Crippen LogP contribution in [0.25, 0.3) is 5.69 Å². The zero-order valence-corrected chi connectivity index (χ0v) is 13.7. The van der Waals surface area contributed by atoms with Gasteiger partial charge in [-0.05, 0) is 42.5 Å². The van der Waals surface area contributed by atoms with Crippen molar-refractivity contribution in [3.63, 3.8) is 0 Å². The Morgan fingerprint density at radius 2 is 1.88 bits per heavy atom. The maximum Gasteiger partial charge on any atom is 0.163 e. The topological polar surface area (TPSA) is 39.9 Å². The maximum absolute atomic E-state index is 5.93. The Balaban J connectivity index is 1.70. The van der Waals surface area contributed by atoms with Crippen LogP contribution in [0.4, 0.5) is 0 Å². The van der Waals surface area contributed by atoms with Gasteiger partial charge in [-0.15, -0.1) is 10.2 Å². The monoisotopic (exact) mass is 317 g/mol. The van der Waals surface area contributed by atoms with Crippen LogP contribution >= 0.6 is 0 Å². The molecule has 0 spiro atoms. The molecule has 24 heavy (non-hydrogen) atoms. The summed E-state index contributed by atoms with van der Waals surface area (Å²) in [6.45, 7) is 3.15. The molecule has 1 aromatic heterocycles. The van der Waals surface area contributed by atoms with E-state index in [1.807, 2.05) is 6.92 Å². The molecule has 2 heterocycles. The van der Waals surface area contributed by atoms with E-state index < -0.39 is 0 Å². The molecule has 3 aromatic rings. The Hall–Kier alpha value is -2.46. The van der Waals surface area contributed by atoms with Crippen molar-refractivity contribution in [2.45, 2.75) is 38.9 Å². The van der Waals surface area contributed by atoms with Crippen LogP contribution in [0.1, 0.15) is 46.2 Å². The number of aryl methyl sites for hydroxylation is 2. The Labute approximate surface area is 141 Å². The molecule has 0 radical (unpaired) electrons. The lowest BCUT2D eigenvalue weighted by molar-refractivity contribution is 0.104. The lowest BCUT2D eigenvalue weighted by atomic mass is 9.89. The summed E-state index contributed by atoms with van der Waals surface area (Å²) >= 11 is 0. The predicted octanol–water partition coefficient (Wildman–Crippen LogP) is 3.68. The van der Waals surface area contributed by atoms with Crippen LogP contribution in [0, 0.1) is 6.92 Å². The Bertz CT molecular complexity index is 928. The SMILES string of the molecule is Cc1nnc2n1-c1cccc(C3CCc4ccccc43)c1COC2. The summed E-state index contributed by atoms with van der Waals surface area (Å²) < 4.78 is 8.07. The van der Waals surface area contributed by atoms with E-state index in [1.165, 1.54) is 34.4 Å². The molecule has 0 saturated carbocycles. The van der Waals surface area contributed by atoms with Gasteiger partial charge in [0.25, 0.3) is 0 Å². The zero-order valence-electron chi connectivity index (χ0n) is 13.7. The van der Waals surface area contributed by atoms with Crippen molar-refractivity contribution >= 4 is 0 Å². The highest BCUT2D eigenvalue weighted by Gasteiger charge is 2.28. The normalized spacial score (nSPS) is 18.6. The van der Waals surface area contributed by atoms with Crippen molar-refractivity contribution in [3.05, 3.63) is 76.4 Å². The van der Waals surface area contributed by atoms with Crippen molar-refractivity contribution < 1.29 is 4.74 Å². The van der Waals surface area contributed by atoms with Crippen LogP contribution < -0.4 is 0 Å². The van der Waals surface area contributed by atoms with E-state index in [-0.39, 0.29) is 0 Å². The lowest BCUT2D eigenvalue weighted by Gasteiger charge is -2.19. The van der Waals surface area contributed by atoms with Gasteiger partial charge in [0, 0.05) is 11.5 Å². The van der Waals surface area contributed by atoms with Gasteiger partial charge in [0.15, 0.2) is 5.82 Å². The van der Waals surface area contributed by atoms with Crippen LogP contribution in [-0.4, -0.2) is 14.8 Å². The second kappa shape index (κ2) is 5.28. The van der Waals surface area contributed by atoms with E-state index in [9.17, 15) is 0 Å². The Kier molecular flexibility index (Phi) is 3.06. The molecule has 0 amide bonds. The van der Waals surface area contributed by atoms with E-state index >= 15 is 0 Å². The van der Waals surface area contributed by atoms with Gasteiger partial charge < -0.3 is 4.74 Å². The van der Waals surface area contributed by atoms with Crippen LogP contribution in [0.2, 0.25) is 0 Å². The molecule has 0 N–H and O–H groups in total. The van der Waals surface area contributed by atoms with Crippen molar-refractivity contribution in [1.29, 1.82) is 0 Å². The number of hydrogen-bond donors (Lipinski definition) is 0. The van der Waals surface area contributed by atoms with E-state index in [4.69, 9.17) is 4.74 Å². The number of hydrogen-bond acceptors (Lipinski definition) is 3. The van der Waals surface area contributed by atoms with E-state index in [0.717, 1.165) is 18.1 Å². The first kappa shape index (κ1) is 13.9. The third kappa shape index (κ3) is 1.96. The fraction of sp³-hybridized carbons (Fsp3) is 0.300. The van der Waals surface area contributed by atoms with Crippen LogP contribution in [0.15, 0.2) is 42.5 Å².